The van der Waals surface area contributed by atoms with Crippen LogP contribution in [0.4, 0.5) is 15.8 Å². The minimum atomic E-state index is -0.325. The van der Waals surface area contributed by atoms with Crippen molar-refractivity contribution in [3.8, 4) is 17.1 Å². The fourth-order valence-electron chi connectivity index (χ4n) is 4.71. The number of ether oxygens (including phenoxy) is 1. The summed E-state index contributed by atoms with van der Waals surface area (Å²) < 4.78 is 22.0. The minimum Gasteiger partial charge on any atom is -0.381 e. The Labute approximate surface area is 218 Å². The summed E-state index contributed by atoms with van der Waals surface area (Å²) in [5.41, 5.74) is 6.40. The van der Waals surface area contributed by atoms with E-state index in [0.717, 1.165) is 52.3 Å². The summed E-state index contributed by atoms with van der Waals surface area (Å²) in [6.45, 7) is 3.36. The van der Waals surface area contributed by atoms with Gasteiger partial charge in [-0.2, -0.15) is 0 Å². The molecule has 3 heterocycles. The molecule has 1 fully saturated rings. The van der Waals surface area contributed by atoms with Gasteiger partial charge in [-0.25, -0.2) is 9.37 Å². The van der Waals surface area contributed by atoms with Crippen molar-refractivity contribution in [1.29, 1.82) is 0 Å². The van der Waals surface area contributed by atoms with Crippen LogP contribution in [0.3, 0.4) is 0 Å². The third-order valence-electron chi connectivity index (χ3n) is 6.63. The maximum absolute atomic E-state index is 14.4. The molecule has 3 aromatic rings. The molecule has 8 heteroatoms. The van der Waals surface area contributed by atoms with Crippen molar-refractivity contribution < 1.29 is 9.13 Å². The van der Waals surface area contributed by atoms with Gasteiger partial charge in [-0.1, -0.05) is 11.6 Å². The van der Waals surface area contributed by atoms with Crippen molar-refractivity contribution in [3.05, 3.63) is 94.8 Å². The fraction of sp³-hybridized carbons (Fsp3) is 0.207. The summed E-state index contributed by atoms with van der Waals surface area (Å²) in [4.78, 5) is 14.5. The first kappa shape index (κ1) is 23.6. The molecule has 0 radical (unpaired) electrons. The molecule has 0 amide bonds. The molecule has 2 aliphatic heterocycles. The topological polar surface area (TPSA) is 64.3 Å². The zero-order valence-corrected chi connectivity index (χ0v) is 21.0. The van der Waals surface area contributed by atoms with E-state index in [1.807, 2.05) is 60.0 Å². The van der Waals surface area contributed by atoms with E-state index in [0.29, 0.717) is 29.3 Å². The van der Waals surface area contributed by atoms with E-state index >= 15 is 0 Å². The minimum absolute atomic E-state index is 0.150. The standard InChI is InChI=1S/C29H25ClFN5O/c1-18-23(3-2-12-32-18)34-25-16-27-29(17-26(25)33-21-10-13-37-14-11-21)36(22-7-4-19(30)5-8-22)28-15-20(31)6-9-24(28)35-27/h2-9,12,15-17,21,34H,10-11,13-14H2,1H3. The number of nitrogens with zero attached hydrogens (tertiary/aromatic N) is 4. The number of nitrogens with one attached hydrogen (secondary N) is 1. The van der Waals surface area contributed by atoms with E-state index in [9.17, 15) is 4.39 Å². The van der Waals surface area contributed by atoms with Crippen LogP contribution in [0.1, 0.15) is 18.5 Å². The largest absolute Gasteiger partial charge is 0.381 e. The highest BCUT2D eigenvalue weighted by molar-refractivity contribution is 6.30. The van der Waals surface area contributed by atoms with Crippen LogP contribution in [0.25, 0.3) is 28.1 Å². The lowest BCUT2D eigenvalue weighted by Crippen LogP contribution is -2.23. The van der Waals surface area contributed by atoms with Crippen LogP contribution in [0.2, 0.25) is 5.02 Å². The first-order valence-electron chi connectivity index (χ1n) is 12.3. The lowest BCUT2D eigenvalue weighted by Gasteiger charge is -2.22. The molecule has 186 valence electrons. The van der Waals surface area contributed by atoms with Gasteiger partial charge in [-0.15, -0.1) is 0 Å². The Morgan fingerprint density at radius 2 is 1.84 bits per heavy atom. The Morgan fingerprint density at radius 1 is 1.03 bits per heavy atom. The molecule has 0 unspecified atom stereocenters. The molecule has 0 saturated carbocycles. The summed E-state index contributed by atoms with van der Waals surface area (Å²) in [5.74, 6) is -0.325. The maximum atomic E-state index is 14.4. The van der Waals surface area contributed by atoms with Crippen LogP contribution in [-0.2, 0) is 4.74 Å². The molecule has 2 aromatic carbocycles. The second-order valence-electron chi connectivity index (χ2n) is 9.15. The number of pyridine rings is 1. The highest BCUT2D eigenvalue weighted by Crippen LogP contribution is 2.31. The SMILES string of the molecule is Cc1ncccc1Nc1cc2nc3ccc(F)cc3n(-c3ccc(Cl)cc3)c-2cc1=NC1CCOCC1. The summed E-state index contributed by atoms with van der Waals surface area (Å²) in [7, 11) is 0. The predicted molar refractivity (Wildman–Crippen MR) is 144 cm³/mol. The van der Waals surface area contributed by atoms with Crippen LogP contribution in [0.15, 0.2) is 77.9 Å². The zero-order chi connectivity index (χ0) is 25.4. The Kier molecular flexibility index (Phi) is 6.32. The third kappa shape index (κ3) is 4.80. The predicted octanol–water partition coefficient (Wildman–Crippen LogP) is 6.45. The number of aromatic nitrogens is 3. The second kappa shape index (κ2) is 9.92. The lowest BCUT2D eigenvalue weighted by molar-refractivity contribution is 0.0864. The van der Waals surface area contributed by atoms with Crippen LogP contribution >= 0.6 is 11.6 Å². The molecule has 6 nitrogen and oxygen atoms in total. The molecule has 6 rings (SSSR count). The molecule has 37 heavy (non-hydrogen) atoms. The first-order chi connectivity index (χ1) is 18.0. The molecular formula is C29H25ClFN5O. The normalized spacial score (nSPS) is 14.9. The Morgan fingerprint density at radius 3 is 2.62 bits per heavy atom. The van der Waals surface area contributed by atoms with Crippen molar-refractivity contribution in [2.45, 2.75) is 25.8 Å². The quantitative estimate of drug-likeness (QED) is 0.280. The van der Waals surface area contributed by atoms with Crippen LogP contribution < -0.4 is 10.7 Å². The van der Waals surface area contributed by atoms with Gasteiger partial charge in [0.25, 0.3) is 0 Å². The van der Waals surface area contributed by atoms with Gasteiger partial charge in [-0.05, 0) is 80.4 Å². The molecule has 1 N–H and O–H groups in total. The first-order valence-corrected chi connectivity index (χ1v) is 12.7. The monoisotopic (exact) mass is 513 g/mol. The average Bonchev–Trinajstić information content (AvgIpc) is 2.90. The van der Waals surface area contributed by atoms with Crippen molar-refractivity contribution >= 4 is 34.0 Å². The maximum Gasteiger partial charge on any atom is 0.125 e. The van der Waals surface area contributed by atoms with Gasteiger partial charge in [0.1, 0.15) is 5.82 Å². The molecule has 1 saturated heterocycles. The van der Waals surface area contributed by atoms with E-state index in [1.165, 1.54) is 12.1 Å². The zero-order valence-electron chi connectivity index (χ0n) is 20.3. The molecule has 0 atom stereocenters. The summed E-state index contributed by atoms with van der Waals surface area (Å²) in [5, 5.41) is 4.97. The summed E-state index contributed by atoms with van der Waals surface area (Å²) in [6, 6.07) is 20.2. The van der Waals surface area contributed by atoms with Crippen LogP contribution in [-0.4, -0.2) is 33.8 Å². The second-order valence-corrected chi connectivity index (χ2v) is 9.59. The third-order valence-corrected chi connectivity index (χ3v) is 6.88. The molecule has 3 aliphatic rings. The molecule has 1 aromatic heterocycles. The summed E-state index contributed by atoms with van der Waals surface area (Å²) >= 11 is 6.18. The molecular weight excluding hydrogens is 489 g/mol. The van der Waals surface area contributed by atoms with E-state index in [2.05, 4.69) is 10.3 Å². The van der Waals surface area contributed by atoms with E-state index < -0.39 is 0 Å². The van der Waals surface area contributed by atoms with Crippen molar-refractivity contribution in [1.82, 2.24) is 14.5 Å². The highest BCUT2D eigenvalue weighted by atomic mass is 35.5. The van der Waals surface area contributed by atoms with Gasteiger partial charge in [0.2, 0.25) is 0 Å². The van der Waals surface area contributed by atoms with Crippen molar-refractivity contribution in [2.24, 2.45) is 4.99 Å². The number of fused-ring (bicyclic) bond motifs is 2. The average molecular weight is 514 g/mol. The van der Waals surface area contributed by atoms with Crippen molar-refractivity contribution in [2.75, 3.05) is 18.5 Å². The van der Waals surface area contributed by atoms with Gasteiger partial charge < -0.3 is 14.6 Å². The number of aryl methyl sites for hydroxylation is 1. The molecule has 0 bridgehead atoms. The van der Waals surface area contributed by atoms with Crippen LogP contribution in [0.5, 0.6) is 0 Å². The number of hydrogen-bond donors (Lipinski definition) is 1. The molecule has 1 aliphatic carbocycles. The van der Waals surface area contributed by atoms with E-state index in [-0.39, 0.29) is 11.9 Å². The van der Waals surface area contributed by atoms with Gasteiger partial charge in [0.05, 0.1) is 50.9 Å². The highest BCUT2D eigenvalue weighted by Gasteiger charge is 2.19. The Balaban J connectivity index is 1.64. The number of anilines is 2. The smallest absolute Gasteiger partial charge is 0.125 e. The number of halogens is 2. The number of hydrogen-bond acceptors (Lipinski definition) is 5. The van der Waals surface area contributed by atoms with Gasteiger partial charge in [0.15, 0.2) is 0 Å². The summed E-state index contributed by atoms with van der Waals surface area (Å²) in [6.07, 6.45) is 3.50. The van der Waals surface area contributed by atoms with Crippen molar-refractivity contribution in [3.63, 3.8) is 0 Å². The van der Waals surface area contributed by atoms with Gasteiger partial charge in [-0.3, -0.25) is 9.98 Å². The Hall–Kier alpha value is -3.81. The lowest BCUT2D eigenvalue weighted by atomic mass is 10.1. The van der Waals surface area contributed by atoms with Gasteiger partial charge >= 0.3 is 0 Å². The number of rotatable bonds is 4. The van der Waals surface area contributed by atoms with Crippen LogP contribution in [0, 0.1) is 12.7 Å². The van der Waals surface area contributed by atoms with E-state index in [1.54, 1.807) is 12.3 Å². The van der Waals surface area contributed by atoms with E-state index in [4.69, 9.17) is 26.3 Å². The number of benzene rings is 3. The Bertz CT molecular complexity index is 1630. The molecule has 0 spiro atoms. The van der Waals surface area contributed by atoms with Gasteiger partial charge in [0, 0.05) is 36.2 Å². The fourth-order valence-corrected chi connectivity index (χ4v) is 4.84.